The Labute approximate surface area is 253 Å². The molecule has 9 rings (SSSR count). The van der Waals surface area contributed by atoms with Gasteiger partial charge in [0.15, 0.2) is 5.82 Å². The van der Waals surface area contributed by atoms with Crippen LogP contribution in [0, 0.1) is 24.0 Å². The maximum atomic E-state index is 16.8. The van der Waals surface area contributed by atoms with Crippen LogP contribution in [0.4, 0.5) is 18.9 Å². The number of rotatable bonds is 5. The number of piperazine rings is 1. The molecule has 226 valence electrons. The number of nitrogens with one attached hydrogen (secondary N) is 1. The van der Waals surface area contributed by atoms with E-state index in [2.05, 4.69) is 31.0 Å². The van der Waals surface area contributed by atoms with Crippen molar-refractivity contribution in [1.82, 2.24) is 20.2 Å². The number of ether oxygens (including phenoxy) is 1. The molecule has 4 atom stereocenters. The lowest BCUT2D eigenvalue weighted by Crippen LogP contribution is -2.61. The molecule has 0 aliphatic carbocycles. The molecular formula is C34H32F3N5O2. The van der Waals surface area contributed by atoms with Crippen molar-refractivity contribution in [1.29, 1.82) is 0 Å². The van der Waals surface area contributed by atoms with Crippen molar-refractivity contribution in [2.75, 3.05) is 37.7 Å². The Morgan fingerprint density at radius 1 is 1.16 bits per heavy atom. The van der Waals surface area contributed by atoms with Gasteiger partial charge in [-0.3, -0.25) is 4.90 Å². The Balaban J connectivity index is 1.30. The number of benzene rings is 3. The SMILES string of the molecule is C#Cc1c(F)ccc2cc(O)cc(-c3cc(N4C[C@@H]5CCC4CN5)c4cnc(OC[C@@]56CCCN5C[C@H](F)C6)nc4c3F)c12. The van der Waals surface area contributed by atoms with Crippen LogP contribution in [0.25, 0.3) is 32.8 Å². The summed E-state index contributed by atoms with van der Waals surface area (Å²) in [5, 5.41) is 15.6. The first-order chi connectivity index (χ1) is 21.3. The van der Waals surface area contributed by atoms with Crippen LogP contribution in [0.5, 0.6) is 11.8 Å². The van der Waals surface area contributed by atoms with Gasteiger partial charge in [-0.15, -0.1) is 6.42 Å². The van der Waals surface area contributed by atoms with Crippen LogP contribution < -0.4 is 15.0 Å². The first-order valence-electron chi connectivity index (χ1n) is 15.3. The second-order valence-electron chi connectivity index (χ2n) is 12.7. The van der Waals surface area contributed by atoms with Crippen LogP contribution >= 0.6 is 0 Å². The van der Waals surface area contributed by atoms with E-state index in [0.717, 1.165) is 51.0 Å². The van der Waals surface area contributed by atoms with Gasteiger partial charge in [-0.25, -0.2) is 18.2 Å². The molecule has 44 heavy (non-hydrogen) atoms. The minimum Gasteiger partial charge on any atom is -0.508 e. The number of halogens is 3. The summed E-state index contributed by atoms with van der Waals surface area (Å²) in [6.07, 6.45) is 10.7. The maximum absolute atomic E-state index is 16.8. The van der Waals surface area contributed by atoms with Gasteiger partial charge in [0.2, 0.25) is 0 Å². The molecular weight excluding hydrogens is 567 g/mol. The highest BCUT2D eigenvalue weighted by Crippen LogP contribution is 2.44. The molecule has 2 N–H and O–H groups in total. The van der Waals surface area contributed by atoms with E-state index in [4.69, 9.17) is 11.2 Å². The summed E-state index contributed by atoms with van der Waals surface area (Å²) in [5.74, 6) is 1.07. The summed E-state index contributed by atoms with van der Waals surface area (Å²) >= 11 is 0. The second-order valence-corrected chi connectivity index (χ2v) is 12.7. The number of aromatic hydroxyl groups is 1. The van der Waals surface area contributed by atoms with Gasteiger partial charge in [0.1, 0.15) is 29.9 Å². The number of phenols is 1. The highest BCUT2D eigenvalue weighted by Gasteiger charge is 2.49. The number of phenolic OH excluding ortho intramolecular Hbond substituents is 1. The predicted octanol–water partition coefficient (Wildman–Crippen LogP) is 5.31. The largest absolute Gasteiger partial charge is 0.508 e. The van der Waals surface area contributed by atoms with E-state index < -0.39 is 23.3 Å². The number of anilines is 1. The van der Waals surface area contributed by atoms with Crippen molar-refractivity contribution in [3.05, 3.63) is 53.7 Å². The van der Waals surface area contributed by atoms with E-state index in [1.807, 2.05) is 0 Å². The van der Waals surface area contributed by atoms with Gasteiger partial charge in [0.05, 0.1) is 11.1 Å². The van der Waals surface area contributed by atoms with E-state index in [-0.39, 0.29) is 46.6 Å². The smallest absolute Gasteiger partial charge is 0.317 e. The molecule has 0 radical (unpaired) electrons. The number of alkyl halides is 1. The van der Waals surface area contributed by atoms with Gasteiger partial charge < -0.3 is 20.1 Å². The minimum absolute atomic E-state index is 0.00501. The molecule has 2 bridgehead atoms. The van der Waals surface area contributed by atoms with E-state index in [9.17, 15) is 13.9 Å². The normalized spacial score (nSPS) is 26.4. The van der Waals surface area contributed by atoms with Crippen molar-refractivity contribution in [3.63, 3.8) is 0 Å². The molecule has 5 aliphatic rings. The van der Waals surface area contributed by atoms with E-state index in [1.165, 1.54) is 24.3 Å². The zero-order chi connectivity index (χ0) is 30.2. The molecule has 1 aromatic heterocycles. The monoisotopic (exact) mass is 599 g/mol. The van der Waals surface area contributed by atoms with Gasteiger partial charge in [-0.2, -0.15) is 4.98 Å². The quantitative estimate of drug-likeness (QED) is 0.301. The molecule has 0 spiro atoms. The summed E-state index contributed by atoms with van der Waals surface area (Å²) in [4.78, 5) is 13.5. The molecule has 7 nitrogen and oxygen atoms in total. The van der Waals surface area contributed by atoms with Crippen LogP contribution in [0.15, 0.2) is 36.5 Å². The molecule has 4 aromatic rings. The maximum Gasteiger partial charge on any atom is 0.317 e. The summed E-state index contributed by atoms with van der Waals surface area (Å²) < 4.78 is 52.2. The molecule has 10 heteroatoms. The molecule has 0 saturated carbocycles. The third-order valence-electron chi connectivity index (χ3n) is 10.1. The third-order valence-corrected chi connectivity index (χ3v) is 10.1. The van der Waals surface area contributed by atoms with Crippen molar-refractivity contribution in [3.8, 4) is 35.2 Å². The standard InChI is InChI=1S/C34H32F3N5O2/c1-2-24-28(36)7-4-19-10-23(43)11-25(30(19)24)26-12-29(42-17-21-5-6-22(42)14-38-21)27-15-39-33(40-32(27)31(26)37)44-18-34-8-3-9-41(34)16-20(35)13-34/h1,4,7,10-12,15,20-22,38,43H,3,5-6,8-9,13-14,16-18H2/t20-,21+,22?,34+/m1/s1. The lowest BCUT2D eigenvalue weighted by molar-refractivity contribution is 0.107. The number of aromatic nitrogens is 2. The Hall–Kier alpha value is -4.07. The number of terminal acetylenes is 1. The summed E-state index contributed by atoms with van der Waals surface area (Å²) in [6.45, 7) is 2.98. The van der Waals surface area contributed by atoms with Crippen molar-refractivity contribution >= 4 is 27.4 Å². The number of nitrogens with zero attached hydrogens (tertiary/aromatic N) is 4. The summed E-state index contributed by atoms with van der Waals surface area (Å²) in [6, 6.07) is 7.93. The van der Waals surface area contributed by atoms with Crippen LogP contribution in [0.1, 0.15) is 37.7 Å². The minimum atomic E-state index is -0.900. The highest BCUT2D eigenvalue weighted by molar-refractivity contribution is 6.05. The molecule has 5 aliphatic heterocycles. The molecule has 5 saturated heterocycles. The van der Waals surface area contributed by atoms with Gasteiger partial charge in [-0.05, 0) is 67.4 Å². The van der Waals surface area contributed by atoms with Crippen LogP contribution in [-0.4, -0.2) is 76.6 Å². The Bertz CT molecular complexity index is 1850. The first kappa shape index (κ1) is 27.5. The molecule has 5 fully saturated rings. The fourth-order valence-corrected chi connectivity index (χ4v) is 8.06. The van der Waals surface area contributed by atoms with Gasteiger partial charge in [0, 0.05) is 66.4 Å². The van der Waals surface area contributed by atoms with Crippen molar-refractivity contribution in [2.24, 2.45) is 0 Å². The van der Waals surface area contributed by atoms with Crippen LogP contribution in [0.2, 0.25) is 0 Å². The number of hydrogen-bond acceptors (Lipinski definition) is 7. The number of fused-ring (bicyclic) bond motifs is 6. The van der Waals surface area contributed by atoms with Crippen molar-refractivity contribution < 1.29 is 23.0 Å². The topological polar surface area (TPSA) is 73.8 Å². The zero-order valence-electron chi connectivity index (χ0n) is 24.1. The molecule has 0 amide bonds. The lowest BCUT2D eigenvalue weighted by atomic mass is 9.90. The lowest BCUT2D eigenvalue weighted by Gasteiger charge is -2.47. The predicted molar refractivity (Wildman–Crippen MR) is 163 cm³/mol. The van der Waals surface area contributed by atoms with Crippen LogP contribution in [-0.2, 0) is 0 Å². The Morgan fingerprint density at radius 2 is 2.05 bits per heavy atom. The molecule has 6 heterocycles. The third kappa shape index (κ3) is 4.28. The average Bonchev–Trinajstić information content (AvgIpc) is 3.56. The Morgan fingerprint density at radius 3 is 2.82 bits per heavy atom. The Kier molecular flexibility index (Phi) is 6.40. The van der Waals surface area contributed by atoms with Crippen LogP contribution in [0.3, 0.4) is 0 Å². The average molecular weight is 600 g/mol. The van der Waals surface area contributed by atoms with E-state index in [0.29, 0.717) is 35.2 Å². The van der Waals surface area contributed by atoms with Gasteiger partial charge in [0.25, 0.3) is 0 Å². The number of hydrogen-bond donors (Lipinski definition) is 2. The summed E-state index contributed by atoms with van der Waals surface area (Å²) in [7, 11) is 0. The van der Waals surface area contributed by atoms with Crippen molar-refractivity contribution in [2.45, 2.75) is 55.9 Å². The highest BCUT2D eigenvalue weighted by atomic mass is 19.1. The fraction of sp³-hybridized carbons (Fsp3) is 0.412. The van der Waals surface area contributed by atoms with E-state index >= 15 is 4.39 Å². The van der Waals surface area contributed by atoms with Gasteiger partial charge >= 0.3 is 6.01 Å². The van der Waals surface area contributed by atoms with E-state index in [1.54, 1.807) is 12.3 Å². The second kappa shape index (κ2) is 10.2. The number of piperidine rings is 2. The molecule has 3 aromatic carbocycles. The fourth-order valence-electron chi connectivity index (χ4n) is 8.06. The summed E-state index contributed by atoms with van der Waals surface area (Å²) in [5.41, 5.74) is 0.823. The van der Waals surface area contributed by atoms with Gasteiger partial charge in [-0.1, -0.05) is 12.0 Å². The zero-order valence-corrected chi connectivity index (χ0v) is 24.1. The molecule has 1 unspecified atom stereocenters. The first-order valence-corrected chi connectivity index (χ1v) is 15.3.